The van der Waals surface area contributed by atoms with Crippen LogP contribution < -0.4 is 15.6 Å². The topological polar surface area (TPSA) is 63.6 Å². The number of rotatable bonds is 6. The number of piperidine rings is 1. The Morgan fingerprint density at radius 3 is 2.42 bits per heavy atom. The van der Waals surface area contributed by atoms with Crippen LogP contribution in [0, 0.1) is 5.92 Å². The Hall–Kier alpha value is -3.90. The Labute approximate surface area is 211 Å². The summed E-state index contributed by atoms with van der Waals surface area (Å²) in [6.07, 6.45) is 4.11. The normalized spacial score (nSPS) is 14.6. The Bertz CT molecular complexity index is 1430. The number of carbonyl (C=O) groups excluding carboxylic acids is 1. The number of nitrogens with one attached hydrogen (secondary N) is 1. The lowest BCUT2D eigenvalue weighted by Gasteiger charge is -2.30. The molecule has 0 atom stereocenters. The third kappa shape index (κ3) is 5.04. The standard InChI is InChI=1S/C30H31N3O3/c1-21-14-16-32(17-15-21)19-22-10-12-23(13-11-22)31-29(34)28-20-33(24-6-5-7-25(18-24)36-2)30(35)27-9-4-3-8-26(27)28/h3-13,18,20-21H,14-17,19H2,1-2H3,(H,31,34). The first-order valence-corrected chi connectivity index (χ1v) is 12.4. The lowest BCUT2D eigenvalue weighted by Crippen LogP contribution is -2.32. The minimum Gasteiger partial charge on any atom is -0.497 e. The van der Waals surface area contributed by atoms with E-state index in [4.69, 9.17) is 4.74 Å². The van der Waals surface area contributed by atoms with E-state index in [2.05, 4.69) is 29.3 Å². The van der Waals surface area contributed by atoms with Gasteiger partial charge in [0, 0.05) is 35.3 Å². The van der Waals surface area contributed by atoms with Crippen LogP contribution in [0.15, 0.2) is 83.8 Å². The second-order valence-electron chi connectivity index (χ2n) is 9.57. The van der Waals surface area contributed by atoms with Crippen molar-refractivity contribution in [1.82, 2.24) is 9.47 Å². The van der Waals surface area contributed by atoms with Crippen molar-refractivity contribution in [2.24, 2.45) is 5.92 Å². The molecule has 0 aliphatic carbocycles. The second kappa shape index (κ2) is 10.4. The summed E-state index contributed by atoms with van der Waals surface area (Å²) < 4.78 is 6.83. The molecule has 3 aromatic carbocycles. The van der Waals surface area contributed by atoms with Gasteiger partial charge in [0.2, 0.25) is 0 Å². The quantitative estimate of drug-likeness (QED) is 0.396. The van der Waals surface area contributed by atoms with Crippen molar-refractivity contribution in [2.45, 2.75) is 26.3 Å². The van der Waals surface area contributed by atoms with Gasteiger partial charge in [-0.15, -0.1) is 0 Å². The van der Waals surface area contributed by atoms with Crippen LogP contribution in [0.3, 0.4) is 0 Å². The number of nitrogens with zero attached hydrogens (tertiary/aromatic N) is 2. The molecule has 184 valence electrons. The van der Waals surface area contributed by atoms with Gasteiger partial charge in [0.05, 0.1) is 18.4 Å². The fourth-order valence-corrected chi connectivity index (χ4v) is 4.79. The molecule has 1 saturated heterocycles. The molecule has 6 heteroatoms. The number of ether oxygens (including phenoxy) is 1. The summed E-state index contributed by atoms with van der Waals surface area (Å²) in [5.41, 5.74) is 2.83. The summed E-state index contributed by atoms with van der Waals surface area (Å²) in [6.45, 7) is 5.52. The number of amides is 1. The first-order chi connectivity index (χ1) is 17.5. The fraction of sp³-hybridized carbons (Fsp3) is 0.267. The first-order valence-electron chi connectivity index (χ1n) is 12.4. The lowest BCUT2D eigenvalue weighted by atomic mass is 9.99. The molecule has 0 bridgehead atoms. The maximum absolute atomic E-state index is 13.4. The van der Waals surface area contributed by atoms with Gasteiger partial charge in [-0.05, 0) is 67.7 Å². The predicted octanol–water partition coefficient (Wildman–Crippen LogP) is 5.48. The third-order valence-electron chi connectivity index (χ3n) is 6.99. The van der Waals surface area contributed by atoms with E-state index in [1.165, 1.54) is 23.0 Å². The molecule has 0 unspecified atom stereocenters. The molecular formula is C30H31N3O3. The van der Waals surface area contributed by atoms with Crippen LogP contribution in [0.5, 0.6) is 5.75 Å². The van der Waals surface area contributed by atoms with Crippen LogP contribution in [0.2, 0.25) is 0 Å². The molecule has 1 aliphatic rings. The monoisotopic (exact) mass is 481 g/mol. The first kappa shape index (κ1) is 23.8. The van der Waals surface area contributed by atoms with Crippen molar-refractivity contribution < 1.29 is 9.53 Å². The van der Waals surface area contributed by atoms with E-state index in [9.17, 15) is 9.59 Å². The minimum atomic E-state index is -0.263. The summed E-state index contributed by atoms with van der Waals surface area (Å²) in [6, 6.07) is 22.5. The molecule has 5 rings (SSSR count). The molecule has 4 aromatic rings. The van der Waals surface area contributed by atoms with Crippen LogP contribution in [0.1, 0.15) is 35.7 Å². The largest absolute Gasteiger partial charge is 0.497 e. The number of fused-ring (bicyclic) bond motifs is 1. The highest BCUT2D eigenvalue weighted by Crippen LogP contribution is 2.22. The van der Waals surface area contributed by atoms with Crippen LogP contribution in [-0.2, 0) is 6.54 Å². The molecule has 0 saturated carbocycles. The van der Waals surface area contributed by atoms with Gasteiger partial charge in [-0.1, -0.05) is 43.3 Å². The highest BCUT2D eigenvalue weighted by atomic mass is 16.5. The van der Waals surface area contributed by atoms with Crippen molar-refractivity contribution in [3.63, 3.8) is 0 Å². The van der Waals surface area contributed by atoms with Crippen LogP contribution >= 0.6 is 0 Å². The number of pyridine rings is 1. The molecule has 6 nitrogen and oxygen atoms in total. The van der Waals surface area contributed by atoms with E-state index in [-0.39, 0.29) is 11.5 Å². The molecule has 1 amide bonds. The highest BCUT2D eigenvalue weighted by Gasteiger charge is 2.17. The van der Waals surface area contributed by atoms with Gasteiger partial charge in [0.15, 0.2) is 0 Å². The smallest absolute Gasteiger partial charge is 0.262 e. The second-order valence-corrected chi connectivity index (χ2v) is 9.57. The Morgan fingerprint density at radius 1 is 0.972 bits per heavy atom. The summed E-state index contributed by atoms with van der Waals surface area (Å²) in [5, 5.41) is 4.12. The van der Waals surface area contributed by atoms with Crippen LogP contribution in [0.4, 0.5) is 5.69 Å². The predicted molar refractivity (Wildman–Crippen MR) is 144 cm³/mol. The number of hydrogen-bond donors (Lipinski definition) is 1. The molecule has 1 aromatic heterocycles. The van der Waals surface area contributed by atoms with E-state index < -0.39 is 0 Å². The van der Waals surface area contributed by atoms with E-state index in [1.54, 1.807) is 25.4 Å². The molecule has 2 heterocycles. The molecular weight excluding hydrogens is 450 g/mol. The summed E-state index contributed by atoms with van der Waals surface area (Å²) in [4.78, 5) is 29.2. The Balaban J connectivity index is 1.41. The molecule has 1 fully saturated rings. The number of likely N-dealkylation sites (tertiary alicyclic amines) is 1. The van der Waals surface area contributed by atoms with Crippen molar-refractivity contribution in [2.75, 3.05) is 25.5 Å². The van der Waals surface area contributed by atoms with Crippen molar-refractivity contribution in [3.8, 4) is 11.4 Å². The highest BCUT2D eigenvalue weighted by molar-refractivity contribution is 6.12. The molecule has 1 N–H and O–H groups in total. The molecule has 36 heavy (non-hydrogen) atoms. The molecule has 1 aliphatic heterocycles. The minimum absolute atomic E-state index is 0.188. The van der Waals surface area contributed by atoms with Gasteiger partial charge in [-0.25, -0.2) is 0 Å². The zero-order valence-electron chi connectivity index (χ0n) is 20.7. The van der Waals surface area contributed by atoms with Crippen molar-refractivity contribution in [1.29, 1.82) is 0 Å². The van der Waals surface area contributed by atoms with Crippen LogP contribution in [0.25, 0.3) is 16.5 Å². The van der Waals surface area contributed by atoms with Crippen molar-refractivity contribution in [3.05, 3.63) is 100 Å². The summed E-state index contributed by atoms with van der Waals surface area (Å²) in [7, 11) is 1.58. The number of benzene rings is 3. The number of anilines is 1. The van der Waals surface area contributed by atoms with E-state index in [1.807, 2.05) is 48.5 Å². The third-order valence-corrected chi connectivity index (χ3v) is 6.99. The number of carbonyl (C=O) groups is 1. The summed E-state index contributed by atoms with van der Waals surface area (Å²) in [5.74, 6) is 1.19. The zero-order chi connectivity index (χ0) is 25.1. The average molecular weight is 482 g/mol. The van der Waals surface area contributed by atoms with E-state index in [0.717, 1.165) is 31.2 Å². The SMILES string of the molecule is COc1cccc(-n2cc(C(=O)Nc3ccc(CN4CCC(C)CC4)cc3)c3ccccc3c2=O)c1. The average Bonchev–Trinajstić information content (AvgIpc) is 2.91. The maximum atomic E-state index is 13.4. The maximum Gasteiger partial charge on any atom is 0.262 e. The molecule has 0 radical (unpaired) electrons. The molecule has 0 spiro atoms. The number of hydrogen-bond acceptors (Lipinski definition) is 4. The zero-order valence-corrected chi connectivity index (χ0v) is 20.7. The van der Waals surface area contributed by atoms with Gasteiger partial charge in [-0.2, -0.15) is 0 Å². The number of methoxy groups -OCH3 is 1. The fourth-order valence-electron chi connectivity index (χ4n) is 4.79. The lowest BCUT2D eigenvalue weighted by molar-refractivity contribution is 0.102. The Kier molecular flexibility index (Phi) is 6.87. The summed E-state index contributed by atoms with van der Waals surface area (Å²) >= 11 is 0. The van der Waals surface area contributed by atoms with Crippen LogP contribution in [-0.4, -0.2) is 35.6 Å². The van der Waals surface area contributed by atoms with Crippen molar-refractivity contribution >= 4 is 22.4 Å². The van der Waals surface area contributed by atoms with E-state index in [0.29, 0.717) is 27.8 Å². The van der Waals surface area contributed by atoms with Gasteiger partial charge < -0.3 is 10.1 Å². The van der Waals surface area contributed by atoms with Gasteiger partial charge >= 0.3 is 0 Å². The van der Waals surface area contributed by atoms with E-state index >= 15 is 0 Å². The Morgan fingerprint density at radius 2 is 1.69 bits per heavy atom. The van der Waals surface area contributed by atoms with Gasteiger partial charge in [0.1, 0.15) is 5.75 Å². The number of aromatic nitrogens is 1. The van der Waals surface area contributed by atoms with Gasteiger partial charge in [0.25, 0.3) is 11.5 Å². The van der Waals surface area contributed by atoms with Gasteiger partial charge in [-0.3, -0.25) is 19.1 Å².